The topological polar surface area (TPSA) is 88.2 Å². The van der Waals surface area contributed by atoms with Crippen molar-refractivity contribution in [2.75, 3.05) is 23.7 Å². The van der Waals surface area contributed by atoms with Crippen LogP contribution >= 0.6 is 23.4 Å². The normalized spacial score (nSPS) is 18.8. The third kappa shape index (κ3) is 3.80. The Morgan fingerprint density at radius 1 is 1.21 bits per heavy atom. The molecule has 28 heavy (non-hydrogen) atoms. The average Bonchev–Trinajstić information content (AvgIpc) is 3.15. The van der Waals surface area contributed by atoms with Gasteiger partial charge in [0.25, 0.3) is 0 Å². The van der Waals surface area contributed by atoms with E-state index in [1.807, 2.05) is 13.0 Å². The minimum atomic E-state index is -0.135. The summed E-state index contributed by atoms with van der Waals surface area (Å²) in [7, 11) is 0. The van der Waals surface area contributed by atoms with E-state index in [2.05, 4.69) is 9.88 Å². The van der Waals surface area contributed by atoms with Gasteiger partial charge in [-0.25, -0.2) is 15.0 Å². The molecular formula is C20H26ClN5OS. The molecule has 150 valence electrons. The van der Waals surface area contributed by atoms with E-state index < -0.39 is 0 Å². The number of halogens is 1. The lowest BCUT2D eigenvalue weighted by Gasteiger charge is -2.40. The Hall–Kier alpha value is -1.57. The van der Waals surface area contributed by atoms with Crippen molar-refractivity contribution in [2.45, 2.75) is 62.0 Å². The van der Waals surface area contributed by atoms with Crippen LogP contribution in [0.15, 0.2) is 22.2 Å². The molecule has 4 rings (SSSR count). The molecule has 2 aromatic heterocycles. The number of hydrogen-bond donors (Lipinski definition) is 2. The number of pyridine rings is 1. The molecular weight excluding hydrogens is 394 g/mol. The number of aromatic nitrogens is 3. The standard InChI is InChI=1S/C20H26ClN5OS/c1-13-19(28-15-4-9-23-17(22)16(15)21)25-14(12-27)18(24-13)26-10-7-20(8-11-26)5-2-3-6-20/h4,9,27H,2-3,5-8,10-12H2,1H3,(H2,22,23). The van der Waals surface area contributed by atoms with E-state index in [0.717, 1.165) is 34.5 Å². The monoisotopic (exact) mass is 419 g/mol. The van der Waals surface area contributed by atoms with Crippen molar-refractivity contribution in [1.29, 1.82) is 0 Å². The molecule has 2 aromatic rings. The van der Waals surface area contributed by atoms with Crippen molar-refractivity contribution < 1.29 is 5.11 Å². The number of nitrogen functional groups attached to an aromatic ring is 1. The molecule has 0 atom stereocenters. The van der Waals surface area contributed by atoms with Gasteiger partial charge in [-0.1, -0.05) is 36.2 Å². The summed E-state index contributed by atoms with van der Waals surface area (Å²) in [5.74, 6) is 1.11. The average molecular weight is 420 g/mol. The minimum absolute atomic E-state index is 0.135. The number of nitrogens with zero attached hydrogens (tertiary/aromatic N) is 4. The van der Waals surface area contributed by atoms with Gasteiger partial charge < -0.3 is 15.7 Å². The Labute approximate surface area is 174 Å². The predicted octanol–water partition coefficient (Wildman–Crippen LogP) is 4.22. The zero-order valence-corrected chi connectivity index (χ0v) is 17.7. The summed E-state index contributed by atoms with van der Waals surface area (Å²) in [6.07, 6.45) is 9.51. The van der Waals surface area contributed by atoms with Gasteiger partial charge in [0.1, 0.15) is 16.5 Å². The van der Waals surface area contributed by atoms with E-state index in [-0.39, 0.29) is 6.61 Å². The van der Waals surface area contributed by atoms with Crippen LogP contribution in [-0.4, -0.2) is 33.1 Å². The van der Waals surface area contributed by atoms with E-state index in [1.54, 1.807) is 6.20 Å². The Morgan fingerprint density at radius 2 is 1.93 bits per heavy atom. The maximum Gasteiger partial charge on any atom is 0.153 e. The highest BCUT2D eigenvalue weighted by molar-refractivity contribution is 7.99. The van der Waals surface area contributed by atoms with Gasteiger partial charge in [0.2, 0.25) is 0 Å². The summed E-state index contributed by atoms with van der Waals surface area (Å²) in [6.45, 7) is 3.78. The number of piperidine rings is 1. The summed E-state index contributed by atoms with van der Waals surface area (Å²) >= 11 is 7.67. The molecule has 6 nitrogen and oxygen atoms in total. The van der Waals surface area contributed by atoms with Crippen molar-refractivity contribution in [3.8, 4) is 0 Å². The number of aryl methyl sites for hydroxylation is 1. The summed E-state index contributed by atoms with van der Waals surface area (Å²) in [4.78, 5) is 16.6. The van der Waals surface area contributed by atoms with Crippen LogP contribution in [0.3, 0.4) is 0 Å². The molecule has 2 aliphatic rings. The lowest BCUT2D eigenvalue weighted by molar-refractivity contribution is 0.224. The van der Waals surface area contributed by atoms with E-state index in [0.29, 0.717) is 21.9 Å². The number of nitrogens with two attached hydrogens (primary N) is 1. The zero-order valence-electron chi connectivity index (χ0n) is 16.1. The van der Waals surface area contributed by atoms with Crippen molar-refractivity contribution in [3.05, 3.63) is 28.7 Å². The Morgan fingerprint density at radius 3 is 2.61 bits per heavy atom. The number of aliphatic hydroxyl groups excluding tert-OH is 1. The second kappa shape index (κ2) is 8.05. The second-order valence-electron chi connectivity index (χ2n) is 7.85. The van der Waals surface area contributed by atoms with Crippen molar-refractivity contribution in [3.63, 3.8) is 0 Å². The van der Waals surface area contributed by atoms with Crippen LogP contribution in [0.25, 0.3) is 0 Å². The number of rotatable bonds is 4. The summed E-state index contributed by atoms with van der Waals surface area (Å²) in [6, 6.07) is 1.81. The minimum Gasteiger partial charge on any atom is -0.390 e. The van der Waals surface area contributed by atoms with Gasteiger partial charge in [0, 0.05) is 24.2 Å². The molecule has 2 fully saturated rings. The molecule has 0 unspecified atom stereocenters. The van der Waals surface area contributed by atoms with Crippen LogP contribution in [0.4, 0.5) is 11.6 Å². The van der Waals surface area contributed by atoms with E-state index in [9.17, 15) is 5.11 Å². The first kappa shape index (κ1) is 19.7. The number of hydrogen-bond acceptors (Lipinski definition) is 7. The van der Waals surface area contributed by atoms with Crippen LogP contribution in [0.5, 0.6) is 0 Å². The van der Waals surface area contributed by atoms with Gasteiger partial charge in [-0.05, 0) is 44.1 Å². The molecule has 0 bridgehead atoms. The molecule has 8 heteroatoms. The molecule has 0 amide bonds. The zero-order chi connectivity index (χ0) is 19.7. The Kier molecular flexibility index (Phi) is 5.67. The molecule has 3 N–H and O–H groups in total. The van der Waals surface area contributed by atoms with Crippen LogP contribution in [0.1, 0.15) is 49.9 Å². The van der Waals surface area contributed by atoms with Crippen molar-refractivity contribution in [1.82, 2.24) is 15.0 Å². The largest absolute Gasteiger partial charge is 0.390 e. The van der Waals surface area contributed by atoms with Gasteiger partial charge in [-0.3, -0.25) is 0 Å². The summed E-state index contributed by atoms with van der Waals surface area (Å²) in [5.41, 5.74) is 7.79. The quantitative estimate of drug-likeness (QED) is 0.766. The molecule has 0 radical (unpaired) electrons. The number of anilines is 2. The van der Waals surface area contributed by atoms with Gasteiger partial charge in [-0.15, -0.1) is 0 Å². The van der Waals surface area contributed by atoms with Crippen LogP contribution < -0.4 is 10.6 Å². The summed E-state index contributed by atoms with van der Waals surface area (Å²) < 4.78 is 0. The van der Waals surface area contributed by atoms with Gasteiger partial charge in [-0.2, -0.15) is 0 Å². The highest BCUT2D eigenvalue weighted by atomic mass is 35.5. The van der Waals surface area contributed by atoms with Crippen molar-refractivity contribution >= 4 is 35.0 Å². The Balaban J connectivity index is 1.57. The second-order valence-corrected chi connectivity index (χ2v) is 9.26. The molecule has 1 saturated heterocycles. The van der Waals surface area contributed by atoms with Gasteiger partial charge in [0.05, 0.1) is 17.3 Å². The SMILES string of the molecule is Cc1nc(N2CCC3(CCCC3)CC2)c(CO)nc1Sc1ccnc(N)c1Cl. The van der Waals surface area contributed by atoms with Gasteiger partial charge in [0.15, 0.2) is 5.82 Å². The molecule has 0 aromatic carbocycles. The predicted molar refractivity (Wildman–Crippen MR) is 113 cm³/mol. The van der Waals surface area contributed by atoms with E-state index in [4.69, 9.17) is 27.3 Å². The fourth-order valence-corrected chi connectivity index (χ4v) is 5.53. The van der Waals surface area contributed by atoms with Gasteiger partial charge >= 0.3 is 0 Å². The molecule has 3 heterocycles. The van der Waals surface area contributed by atoms with E-state index in [1.165, 1.54) is 50.3 Å². The van der Waals surface area contributed by atoms with Crippen molar-refractivity contribution in [2.24, 2.45) is 5.41 Å². The first-order valence-corrected chi connectivity index (χ1v) is 11.0. The fourth-order valence-electron chi connectivity index (χ4n) is 4.42. The molecule has 1 spiro atoms. The third-order valence-electron chi connectivity index (χ3n) is 6.10. The summed E-state index contributed by atoms with van der Waals surface area (Å²) in [5, 5.41) is 11.1. The van der Waals surface area contributed by atoms with E-state index >= 15 is 0 Å². The maximum atomic E-state index is 9.94. The smallest absolute Gasteiger partial charge is 0.153 e. The molecule has 1 aliphatic heterocycles. The lowest BCUT2D eigenvalue weighted by atomic mass is 9.77. The maximum absolute atomic E-state index is 9.94. The third-order valence-corrected chi connectivity index (χ3v) is 7.75. The van der Waals surface area contributed by atoms with Crippen LogP contribution in [-0.2, 0) is 6.61 Å². The fraction of sp³-hybridized carbons (Fsp3) is 0.550. The molecule has 1 saturated carbocycles. The lowest BCUT2D eigenvalue weighted by Crippen LogP contribution is -2.40. The number of aliphatic hydroxyl groups is 1. The van der Waals surface area contributed by atoms with Crippen LogP contribution in [0.2, 0.25) is 5.02 Å². The first-order chi connectivity index (χ1) is 13.5. The van der Waals surface area contributed by atoms with Crippen LogP contribution in [0, 0.1) is 12.3 Å². The highest BCUT2D eigenvalue weighted by Gasteiger charge is 2.37. The Bertz CT molecular complexity index is 862. The highest BCUT2D eigenvalue weighted by Crippen LogP contribution is 2.47. The molecule has 1 aliphatic carbocycles. The first-order valence-electron chi connectivity index (χ1n) is 9.82.